The molecule has 0 radical (unpaired) electrons. The number of para-hydroxylation sites is 2. The first-order valence-corrected chi connectivity index (χ1v) is 9.60. The van der Waals surface area contributed by atoms with Gasteiger partial charge < -0.3 is 24.8 Å². The molecule has 0 fully saturated rings. The minimum atomic E-state index is -0.974. The second-order valence-electron chi connectivity index (χ2n) is 7.29. The molecule has 0 spiro atoms. The lowest BCUT2D eigenvalue weighted by Gasteiger charge is -2.33. The Labute approximate surface area is 174 Å². The molecule has 1 aliphatic heterocycles. The molecule has 8 nitrogen and oxygen atoms in total. The van der Waals surface area contributed by atoms with E-state index in [1.807, 2.05) is 13.8 Å². The first-order chi connectivity index (χ1) is 14.3. The van der Waals surface area contributed by atoms with Crippen molar-refractivity contribution >= 4 is 23.5 Å². The van der Waals surface area contributed by atoms with E-state index < -0.39 is 30.5 Å². The minimum absolute atomic E-state index is 0.0510. The van der Waals surface area contributed by atoms with Crippen molar-refractivity contribution in [2.45, 2.75) is 20.0 Å². The second-order valence-corrected chi connectivity index (χ2v) is 7.29. The molecule has 1 atom stereocenters. The molecule has 0 aromatic heterocycles. The maximum Gasteiger partial charge on any atom is 0.338 e. The van der Waals surface area contributed by atoms with Crippen molar-refractivity contribution in [2.75, 3.05) is 24.7 Å². The van der Waals surface area contributed by atoms with Gasteiger partial charge >= 0.3 is 5.97 Å². The van der Waals surface area contributed by atoms with Crippen LogP contribution in [0.3, 0.4) is 0 Å². The van der Waals surface area contributed by atoms with Crippen molar-refractivity contribution in [1.82, 2.24) is 0 Å². The number of nitrogens with two attached hydrogens (primary N) is 1. The SMILES string of the molecule is CC(C)COc1ccc(C(=O)OCC(=O)N2C[C@H](C(N)=O)Oc3ccccc32)cc1. The summed E-state index contributed by atoms with van der Waals surface area (Å²) in [6.07, 6.45) is -0.974. The molecule has 0 unspecified atom stereocenters. The number of primary amides is 1. The number of rotatable bonds is 7. The van der Waals surface area contributed by atoms with Crippen LogP contribution in [-0.4, -0.2) is 43.6 Å². The van der Waals surface area contributed by atoms with Crippen LogP contribution in [-0.2, 0) is 14.3 Å². The van der Waals surface area contributed by atoms with Crippen LogP contribution in [0.15, 0.2) is 48.5 Å². The molecule has 8 heteroatoms. The molecule has 1 aliphatic rings. The Kier molecular flexibility index (Phi) is 6.56. The van der Waals surface area contributed by atoms with E-state index in [-0.39, 0.29) is 6.54 Å². The van der Waals surface area contributed by atoms with E-state index in [1.165, 1.54) is 4.90 Å². The first-order valence-electron chi connectivity index (χ1n) is 9.60. The topological polar surface area (TPSA) is 108 Å². The van der Waals surface area contributed by atoms with Gasteiger partial charge in [-0.2, -0.15) is 0 Å². The fraction of sp³-hybridized carbons (Fsp3) is 0.318. The van der Waals surface area contributed by atoms with E-state index in [0.717, 1.165) is 0 Å². The van der Waals surface area contributed by atoms with Crippen molar-refractivity contribution in [3.05, 3.63) is 54.1 Å². The Hall–Kier alpha value is -3.55. The Balaban J connectivity index is 1.62. The number of carbonyl (C=O) groups is 3. The molecule has 2 amide bonds. The number of hydrogen-bond donors (Lipinski definition) is 1. The van der Waals surface area contributed by atoms with Crippen LogP contribution in [0.25, 0.3) is 0 Å². The summed E-state index contributed by atoms with van der Waals surface area (Å²) in [6, 6.07) is 13.3. The van der Waals surface area contributed by atoms with Gasteiger partial charge in [-0.1, -0.05) is 26.0 Å². The van der Waals surface area contributed by atoms with Crippen LogP contribution in [0, 0.1) is 5.92 Å². The van der Waals surface area contributed by atoms with Crippen molar-refractivity contribution in [3.63, 3.8) is 0 Å². The Bertz CT molecular complexity index is 925. The summed E-state index contributed by atoms with van der Waals surface area (Å²) in [5, 5.41) is 0. The second kappa shape index (κ2) is 9.30. The number of fused-ring (bicyclic) bond motifs is 1. The average molecular weight is 412 g/mol. The van der Waals surface area contributed by atoms with Gasteiger partial charge in [0.25, 0.3) is 11.8 Å². The van der Waals surface area contributed by atoms with E-state index in [4.69, 9.17) is 19.9 Å². The highest BCUT2D eigenvalue weighted by Crippen LogP contribution is 2.33. The van der Waals surface area contributed by atoms with Crippen molar-refractivity contribution in [1.29, 1.82) is 0 Å². The highest BCUT2D eigenvalue weighted by Gasteiger charge is 2.33. The summed E-state index contributed by atoms with van der Waals surface area (Å²) < 4.78 is 16.3. The van der Waals surface area contributed by atoms with Crippen molar-refractivity contribution in [2.24, 2.45) is 11.7 Å². The highest BCUT2D eigenvalue weighted by molar-refractivity contribution is 5.99. The number of nitrogens with zero attached hydrogens (tertiary/aromatic N) is 1. The standard InChI is InChI=1S/C22H24N2O6/c1-14(2)12-28-16-9-7-15(8-10-16)22(27)29-13-20(25)24-11-19(21(23)26)30-18-6-4-3-5-17(18)24/h3-10,14,19H,11-13H2,1-2H3,(H2,23,26)/t19-/m1/s1. The highest BCUT2D eigenvalue weighted by atomic mass is 16.5. The van der Waals surface area contributed by atoms with Crippen molar-refractivity contribution < 1.29 is 28.6 Å². The number of amides is 2. The molecule has 0 saturated carbocycles. The zero-order valence-electron chi connectivity index (χ0n) is 16.9. The number of benzene rings is 2. The van der Waals surface area contributed by atoms with Gasteiger partial charge in [-0.25, -0.2) is 4.79 Å². The number of anilines is 1. The van der Waals surface area contributed by atoms with Gasteiger partial charge in [0.15, 0.2) is 12.7 Å². The zero-order valence-corrected chi connectivity index (χ0v) is 16.9. The minimum Gasteiger partial charge on any atom is -0.493 e. The van der Waals surface area contributed by atoms with E-state index >= 15 is 0 Å². The third-order valence-corrected chi connectivity index (χ3v) is 4.39. The summed E-state index contributed by atoms with van der Waals surface area (Å²) in [6.45, 7) is 4.13. The monoisotopic (exact) mass is 412 g/mol. The smallest absolute Gasteiger partial charge is 0.338 e. The predicted octanol–water partition coefficient (Wildman–Crippen LogP) is 2.16. The third kappa shape index (κ3) is 5.08. The molecule has 30 heavy (non-hydrogen) atoms. The molecule has 3 rings (SSSR count). The van der Waals surface area contributed by atoms with Crippen LogP contribution in [0.5, 0.6) is 11.5 Å². The summed E-state index contributed by atoms with van der Waals surface area (Å²) in [4.78, 5) is 37.9. The summed E-state index contributed by atoms with van der Waals surface area (Å²) in [5.74, 6) is -0.392. The van der Waals surface area contributed by atoms with E-state index in [0.29, 0.717) is 35.3 Å². The molecule has 2 aromatic carbocycles. The predicted molar refractivity (Wildman–Crippen MR) is 109 cm³/mol. The normalized spacial score (nSPS) is 15.2. The van der Waals surface area contributed by atoms with Gasteiger partial charge in [0, 0.05) is 0 Å². The number of esters is 1. The van der Waals surface area contributed by atoms with Crippen LogP contribution >= 0.6 is 0 Å². The third-order valence-electron chi connectivity index (χ3n) is 4.39. The Morgan fingerprint density at radius 3 is 2.50 bits per heavy atom. The largest absolute Gasteiger partial charge is 0.493 e. The summed E-state index contributed by atoms with van der Waals surface area (Å²) in [5.41, 5.74) is 6.13. The van der Waals surface area contributed by atoms with Crippen LogP contribution in [0.4, 0.5) is 5.69 Å². The van der Waals surface area contributed by atoms with E-state index in [9.17, 15) is 14.4 Å². The molecule has 2 aromatic rings. The molecule has 2 N–H and O–H groups in total. The molecule has 158 valence electrons. The van der Waals surface area contributed by atoms with Crippen LogP contribution in [0.2, 0.25) is 0 Å². The maximum atomic E-state index is 12.7. The molecule has 0 saturated heterocycles. The Morgan fingerprint density at radius 1 is 1.13 bits per heavy atom. The number of carbonyl (C=O) groups excluding carboxylic acids is 3. The van der Waals surface area contributed by atoms with Crippen LogP contribution in [0.1, 0.15) is 24.2 Å². The lowest BCUT2D eigenvalue weighted by Crippen LogP contribution is -2.50. The van der Waals surface area contributed by atoms with Crippen LogP contribution < -0.4 is 20.1 Å². The van der Waals surface area contributed by atoms with Gasteiger partial charge in [0.2, 0.25) is 0 Å². The van der Waals surface area contributed by atoms with E-state index in [2.05, 4.69) is 0 Å². The first kappa shape index (κ1) is 21.2. The average Bonchev–Trinajstić information content (AvgIpc) is 2.75. The van der Waals surface area contributed by atoms with E-state index in [1.54, 1.807) is 48.5 Å². The van der Waals surface area contributed by atoms with Crippen molar-refractivity contribution in [3.8, 4) is 11.5 Å². The number of hydrogen-bond acceptors (Lipinski definition) is 6. The lowest BCUT2D eigenvalue weighted by atomic mass is 10.2. The molecule has 0 aliphatic carbocycles. The quantitative estimate of drug-likeness (QED) is 0.698. The molecule has 0 bridgehead atoms. The van der Waals surface area contributed by atoms with Gasteiger partial charge in [-0.05, 0) is 42.3 Å². The Morgan fingerprint density at radius 2 is 1.83 bits per heavy atom. The van der Waals surface area contributed by atoms with Gasteiger partial charge in [-0.15, -0.1) is 0 Å². The fourth-order valence-corrected chi connectivity index (χ4v) is 2.86. The van der Waals surface area contributed by atoms with Gasteiger partial charge in [-0.3, -0.25) is 9.59 Å². The number of ether oxygens (including phenoxy) is 3. The summed E-state index contributed by atoms with van der Waals surface area (Å²) >= 11 is 0. The van der Waals surface area contributed by atoms with Gasteiger partial charge in [0.1, 0.15) is 11.5 Å². The summed E-state index contributed by atoms with van der Waals surface area (Å²) in [7, 11) is 0. The van der Waals surface area contributed by atoms with Gasteiger partial charge in [0.05, 0.1) is 24.4 Å². The molecular formula is C22H24N2O6. The lowest BCUT2D eigenvalue weighted by molar-refractivity contribution is -0.126. The fourth-order valence-electron chi connectivity index (χ4n) is 2.86. The maximum absolute atomic E-state index is 12.7. The zero-order chi connectivity index (χ0) is 21.7. The molecular weight excluding hydrogens is 388 g/mol. The molecule has 1 heterocycles.